The highest BCUT2D eigenvalue weighted by atomic mass is 16.6. The maximum atomic E-state index is 11.9. The van der Waals surface area contributed by atoms with Gasteiger partial charge in [0.15, 0.2) is 5.41 Å². The van der Waals surface area contributed by atoms with Crippen LogP contribution in [0, 0.1) is 5.41 Å². The Bertz CT molecular complexity index is 433. The number of hydrogen-bond acceptors (Lipinski definition) is 6. The van der Waals surface area contributed by atoms with E-state index in [9.17, 15) is 14.4 Å². The molecule has 0 spiro atoms. The molecule has 1 rings (SSSR count). The zero-order chi connectivity index (χ0) is 18.0. The molecule has 0 N–H and O–H groups in total. The fourth-order valence-electron chi connectivity index (χ4n) is 2.93. The molecule has 0 bridgehead atoms. The molecule has 0 aromatic heterocycles. The topological polar surface area (TPSA) is 78.9 Å². The van der Waals surface area contributed by atoms with Crippen molar-refractivity contribution in [3.63, 3.8) is 0 Å². The molecule has 2 atom stereocenters. The molecule has 0 amide bonds. The number of carbonyl (C=O) groups is 3. The average Bonchev–Trinajstić information content (AvgIpc) is 2.85. The zero-order valence-corrected chi connectivity index (χ0v) is 15.1. The Kier molecular flexibility index (Phi) is 8.79. The first-order chi connectivity index (χ1) is 11.4. The number of cyclic esters (lactones) is 1. The Labute approximate surface area is 144 Å². The molecule has 1 heterocycles. The molecular weight excluding hydrogens is 312 g/mol. The minimum atomic E-state index is -1.14. The highest BCUT2D eigenvalue weighted by Gasteiger charge is 2.52. The first-order valence-corrected chi connectivity index (χ1v) is 8.89. The monoisotopic (exact) mass is 342 g/mol. The Morgan fingerprint density at radius 3 is 2.42 bits per heavy atom. The van der Waals surface area contributed by atoms with Crippen LogP contribution in [0.4, 0.5) is 0 Å². The third-order valence-corrected chi connectivity index (χ3v) is 4.47. The van der Waals surface area contributed by atoms with E-state index in [1.807, 2.05) is 0 Å². The summed E-state index contributed by atoms with van der Waals surface area (Å²) in [6.07, 6.45) is 7.58. The van der Waals surface area contributed by atoms with Crippen molar-refractivity contribution in [1.82, 2.24) is 0 Å². The molecule has 6 heteroatoms. The molecule has 24 heavy (non-hydrogen) atoms. The number of methoxy groups -OCH3 is 1. The summed E-state index contributed by atoms with van der Waals surface area (Å²) in [4.78, 5) is 34.8. The van der Waals surface area contributed by atoms with E-state index in [1.165, 1.54) is 7.11 Å². The number of hydrogen-bond donors (Lipinski definition) is 0. The molecule has 0 aromatic rings. The lowest BCUT2D eigenvalue weighted by atomic mass is 9.86. The van der Waals surface area contributed by atoms with Gasteiger partial charge in [0.05, 0.1) is 13.7 Å². The quantitative estimate of drug-likeness (QED) is 0.248. The van der Waals surface area contributed by atoms with Crippen molar-refractivity contribution in [2.24, 2.45) is 5.41 Å². The van der Waals surface area contributed by atoms with Crippen molar-refractivity contribution in [3.8, 4) is 0 Å². The van der Waals surface area contributed by atoms with Crippen LogP contribution in [0.3, 0.4) is 0 Å². The largest absolute Gasteiger partial charge is 0.469 e. The second-order valence-electron chi connectivity index (χ2n) is 6.52. The van der Waals surface area contributed by atoms with Gasteiger partial charge in [-0.1, -0.05) is 25.7 Å². The lowest BCUT2D eigenvalue weighted by Gasteiger charge is -2.16. The van der Waals surface area contributed by atoms with E-state index in [0.717, 1.165) is 44.9 Å². The summed E-state index contributed by atoms with van der Waals surface area (Å²) in [6, 6.07) is 0. The lowest BCUT2D eigenvalue weighted by molar-refractivity contribution is -0.163. The van der Waals surface area contributed by atoms with Crippen LogP contribution in [0.5, 0.6) is 0 Å². The van der Waals surface area contributed by atoms with Gasteiger partial charge in [0, 0.05) is 12.8 Å². The number of ether oxygens (including phenoxy) is 3. The molecule has 1 saturated heterocycles. The minimum Gasteiger partial charge on any atom is -0.469 e. The van der Waals surface area contributed by atoms with Gasteiger partial charge in [-0.25, -0.2) is 0 Å². The number of esters is 3. The van der Waals surface area contributed by atoms with Crippen LogP contribution in [-0.2, 0) is 28.6 Å². The molecule has 138 valence electrons. The SMILES string of the molecule is CCOC(=O)C1(C)CC(CCCCCCCCC(=O)OC)OC1=O. The third kappa shape index (κ3) is 6.13. The van der Waals surface area contributed by atoms with Gasteiger partial charge in [-0.15, -0.1) is 0 Å². The second kappa shape index (κ2) is 10.3. The maximum Gasteiger partial charge on any atom is 0.323 e. The van der Waals surface area contributed by atoms with Gasteiger partial charge in [0.2, 0.25) is 0 Å². The predicted octanol–water partition coefficient (Wildman–Crippen LogP) is 3.17. The van der Waals surface area contributed by atoms with Gasteiger partial charge >= 0.3 is 17.9 Å². The number of unbranched alkanes of at least 4 members (excludes halogenated alkanes) is 5. The molecular formula is C18H30O6. The van der Waals surface area contributed by atoms with Crippen molar-refractivity contribution >= 4 is 17.9 Å². The fourth-order valence-corrected chi connectivity index (χ4v) is 2.93. The van der Waals surface area contributed by atoms with E-state index in [1.54, 1.807) is 13.8 Å². The van der Waals surface area contributed by atoms with Crippen molar-refractivity contribution < 1.29 is 28.6 Å². The van der Waals surface area contributed by atoms with Crippen molar-refractivity contribution in [1.29, 1.82) is 0 Å². The van der Waals surface area contributed by atoms with Gasteiger partial charge in [0.1, 0.15) is 6.10 Å². The number of carbonyl (C=O) groups excluding carboxylic acids is 3. The Morgan fingerprint density at radius 2 is 1.79 bits per heavy atom. The van der Waals surface area contributed by atoms with Crippen LogP contribution in [0.1, 0.15) is 71.6 Å². The Hall–Kier alpha value is -1.59. The molecule has 2 unspecified atom stereocenters. The molecule has 0 radical (unpaired) electrons. The third-order valence-electron chi connectivity index (χ3n) is 4.47. The minimum absolute atomic E-state index is 0.150. The first-order valence-electron chi connectivity index (χ1n) is 8.89. The molecule has 1 aliphatic heterocycles. The summed E-state index contributed by atoms with van der Waals surface area (Å²) in [5.41, 5.74) is -1.14. The van der Waals surface area contributed by atoms with Crippen LogP contribution < -0.4 is 0 Å². The number of rotatable bonds is 11. The molecule has 0 saturated carbocycles. The smallest absolute Gasteiger partial charge is 0.323 e. The van der Waals surface area contributed by atoms with E-state index in [-0.39, 0.29) is 18.7 Å². The second-order valence-corrected chi connectivity index (χ2v) is 6.52. The first kappa shape index (κ1) is 20.5. The molecule has 1 fully saturated rings. The van der Waals surface area contributed by atoms with E-state index in [2.05, 4.69) is 4.74 Å². The zero-order valence-electron chi connectivity index (χ0n) is 15.1. The van der Waals surface area contributed by atoms with E-state index in [4.69, 9.17) is 9.47 Å². The summed E-state index contributed by atoms with van der Waals surface area (Å²) >= 11 is 0. The van der Waals surface area contributed by atoms with E-state index < -0.39 is 17.4 Å². The molecule has 6 nitrogen and oxygen atoms in total. The summed E-state index contributed by atoms with van der Waals surface area (Å²) in [5.74, 6) is -1.10. The predicted molar refractivity (Wildman–Crippen MR) is 88.2 cm³/mol. The van der Waals surface area contributed by atoms with Gasteiger partial charge < -0.3 is 14.2 Å². The van der Waals surface area contributed by atoms with Gasteiger partial charge in [-0.3, -0.25) is 14.4 Å². The normalized spacial score (nSPS) is 23.0. The Morgan fingerprint density at radius 1 is 1.17 bits per heavy atom. The van der Waals surface area contributed by atoms with Crippen molar-refractivity contribution in [2.75, 3.05) is 13.7 Å². The summed E-state index contributed by atoms with van der Waals surface area (Å²) in [6.45, 7) is 3.60. The summed E-state index contributed by atoms with van der Waals surface area (Å²) in [5, 5.41) is 0. The molecule has 0 aliphatic carbocycles. The standard InChI is InChI=1S/C18H30O6/c1-4-23-16(20)18(2)13-14(24-17(18)21)11-9-7-5-6-8-10-12-15(19)22-3/h14H,4-13H2,1-3H3. The van der Waals surface area contributed by atoms with Crippen LogP contribution in [0.25, 0.3) is 0 Å². The van der Waals surface area contributed by atoms with Crippen LogP contribution in [-0.4, -0.2) is 37.7 Å². The summed E-state index contributed by atoms with van der Waals surface area (Å²) in [7, 11) is 1.41. The fraction of sp³-hybridized carbons (Fsp3) is 0.833. The van der Waals surface area contributed by atoms with Gasteiger partial charge in [-0.2, -0.15) is 0 Å². The van der Waals surface area contributed by atoms with E-state index >= 15 is 0 Å². The molecule has 1 aliphatic rings. The lowest BCUT2D eigenvalue weighted by Crippen LogP contribution is -2.34. The van der Waals surface area contributed by atoms with Crippen LogP contribution >= 0.6 is 0 Å². The molecule has 0 aromatic carbocycles. The van der Waals surface area contributed by atoms with Gasteiger partial charge in [0.25, 0.3) is 0 Å². The summed E-state index contributed by atoms with van der Waals surface area (Å²) < 4.78 is 14.9. The van der Waals surface area contributed by atoms with Crippen LogP contribution in [0.2, 0.25) is 0 Å². The highest BCUT2D eigenvalue weighted by molar-refractivity contribution is 6.00. The van der Waals surface area contributed by atoms with Crippen LogP contribution in [0.15, 0.2) is 0 Å². The van der Waals surface area contributed by atoms with Crippen molar-refractivity contribution in [2.45, 2.75) is 77.7 Å². The maximum absolute atomic E-state index is 11.9. The van der Waals surface area contributed by atoms with Gasteiger partial charge in [-0.05, 0) is 33.1 Å². The van der Waals surface area contributed by atoms with Crippen molar-refractivity contribution in [3.05, 3.63) is 0 Å². The average molecular weight is 342 g/mol. The highest BCUT2D eigenvalue weighted by Crippen LogP contribution is 2.37. The van der Waals surface area contributed by atoms with E-state index in [0.29, 0.717) is 12.8 Å². The Balaban J connectivity index is 2.13.